The second-order valence-corrected chi connectivity index (χ2v) is 13.5. The Kier molecular flexibility index (Phi) is 6.52. The number of hydrogen-bond acceptors (Lipinski definition) is 4. The molecule has 8 aromatic carbocycles. The van der Waals surface area contributed by atoms with Gasteiger partial charge in [-0.25, -0.2) is 15.0 Å². The molecule has 10 aromatic rings. The van der Waals surface area contributed by atoms with Crippen molar-refractivity contribution in [2.24, 2.45) is 0 Å². The van der Waals surface area contributed by atoms with E-state index in [0.29, 0.717) is 17.5 Å². The topological polar surface area (TPSA) is 51.8 Å². The summed E-state index contributed by atoms with van der Waals surface area (Å²) in [6.45, 7) is 0. The Morgan fingerprint density at radius 2 is 0.698 bits per heavy atom. The molecular formula is C49H29N3O. The second kappa shape index (κ2) is 11.7. The lowest BCUT2D eigenvalue weighted by Crippen LogP contribution is -2.00. The molecule has 0 radical (unpaired) electrons. The number of nitrogens with zero attached hydrogens (tertiary/aromatic N) is 3. The lowest BCUT2D eigenvalue weighted by atomic mass is 9.91. The van der Waals surface area contributed by atoms with E-state index in [-0.39, 0.29) is 0 Å². The molecule has 1 aliphatic rings. The average Bonchev–Trinajstić information content (AvgIpc) is 3.79. The molecule has 0 N–H and O–H groups in total. The van der Waals surface area contributed by atoms with Gasteiger partial charge >= 0.3 is 0 Å². The molecule has 4 heteroatoms. The van der Waals surface area contributed by atoms with Crippen LogP contribution in [0.3, 0.4) is 0 Å². The Morgan fingerprint density at radius 1 is 0.264 bits per heavy atom. The second-order valence-electron chi connectivity index (χ2n) is 13.5. The van der Waals surface area contributed by atoms with Gasteiger partial charge in [0, 0.05) is 27.5 Å². The van der Waals surface area contributed by atoms with Crippen molar-refractivity contribution in [1.29, 1.82) is 0 Å². The Bertz CT molecular complexity index is 3010. The molecule has 0 unspecified atom stereocenters. The van der Waals surface area contributed by atoms with Gasteiger partial charge in [0.15, 0.2) is 17.5 Å². The van der Waals surface area contributed by atoms with E-state index in [1.54, 1.807) is 0 Å². The highest BCUT2D eigenvalue weighted by Crippen LogP contribution is 2.50. The van der Waals surface area contributed by atoms with Crippen LogP contribution < -0.4 is 0 Å². The SMILES string of the molecule is c1ccc(-c2ccc(-c3nc(-c4ccccc4)nc(-c4cccc5oc6cccc(-c7ccc8c9c(cccc79)-c7ccccc7-8)c6c45)n3)cc2)cc1. The van der Waals surface area contributed by atoms with Crippen molar-refractivity contribution >= 4 is 32.7 Å². The molecule has 4 nitrogen and oxygen atoms in total. The number of aromatic nitrogens is 3. The van der Waals surface area contributed by atoms with Crippen LogP contribution in [0.2, 0.25) is 0 Å². The zero-order chi connectivity index (χ0) is 34.9. The zero-order valence-electron chi connectivity index (χ0n) is 28.5. The van der Waals surface area contributed by atoms with E-state index in [2.05, 4.69) is 127 Å². The predicted molar refractivity (Wildman–Crippen MR) is 216 cm³/mol. The summed E-state index contributed by atoms with van der Waals surface area (Å²) in [6, 6.07) is 61.4. The minimum Gasteiger partial charge on any atom is -0.456 e. The summed E-state index contributed by atoms with van der Waals surface area (Å²) in [6.07, 6.45) is 0. The molecule has 0 amide bonds. The maximum Gasteiger partial charge on any atom is 0.164 e. The molecule has 1 aliphatic carbocycles. The Morgan fingerprint density at radius 3 is 1.38 bits per heavy atom. The van der Waals surface area contributed by atoms with E-state index in [1.165, 1.54) is 44.2 Å². The molecule has 0 bridgehead atoms. The minimum absolute atomic E-state index is 0.597. The summed E-state index contributed by atoms with van der Waals surface area (Å²) in [4.78, 5) is 15.4. The predicted octanol–water partition coefficient (Wildman–Crippen LogP) is 12.9. The fourth-order valence-electron chi connectivity index (χ4n) is 8.10. The molecule has 11 rings (SSSR count). The van der Waals surface area contributed by atoms with E-state index >= 15 is 0 Å². The molecule has 246 valence electrons. The lowest BCUT2D eigenvalue weighted by molar-refractivity contribution is 0.669. The molecule has 53 heavy (non-hydrogen) atoms. The summed E-state index contributed by atoms with van der Waals surface area (Å²) in [5.74, 6) is 1.83. The van der Waals surface area contributed by atoms with Gasteiger partial charge < -0.3 is 4.42 Å². The summed E-state index contributed by atoms with van der Waals surface area (Å²) in [5, 5.41) is 4.55. The molecule has 0 atom stereocenters. The molecule has 0 fully saturated rings. The monoisotopic (exact) mass is 675 g/mol. The van der Waals surface area contributed by atoms with E-state index in [0.717, 1.165) is 49.8 Å². The van der Waals surface area contributed by atoms with Crippen LogP contribution in [-0.4, -0.2) is 15.0 Å². The van der Waals surface area contributed by atoms with E-state index in [4.69, 9.17) is 19.4 Å². The summed E-state index contributed by atoms with van der Waals surface area (Å²) in [5.41, 5.74) is 14.1. The minimum atomic E-state index is 0.597. The molecule has 2 aromatic heterocycles. The third-order valence-corrected chi connectivity index (χ3v) is 10.5. The number of fused-ring (bicyclic) bond motifs is 6. The quantitative estimate of drug-likeness (QED) is 0.182. The van der Waals surface area contributed by atoms with Crippen LogP contribution in [0.5, 0.6) is 0 Å². The Hall–Kier alpha value is -7.17. The third kappa shape index (κ3) is 4.66. The fraction of sp³-hybridized carbons (Fsp3) is 0. The summed E-state index contributed by atoms with van der Waals surface area (Å²) >= 11 is 0. The van der Waals surface area contributed by atoms with E-state index in [1.807, 2.05) is 48.5 Å². The fourth-order valence-corrected chi connectivity index (χ4v) is 8.10. The van der Waals surface area contributed by atoms with Crippen molar-refractivity contribution in [2.75, 3.05) is 0 Å². The maximum absolute atomic E-state index is 6.61. The molecule has 0 saturated heterocycles. The van der Waals surface area contributed by atoms with Gasteiger partial charge in [0.2, 0.25) is 0 Å². The molecule has 0 saturated carbocycles. The van der Waals surface area contributed by atoms with Crippen molar-refractivity contribution in [3.05, 3.63) is 176 Å². The maximum atomic E-state index is 6.61. The molecular weight excluding hydrogens is 647 g/mol. The Balaban J connectivity index is 1.13. The molecule has 2 heterocycles. The Labute approximate surface area is 305 Å². The van der Waals surface area contributed by atoms with Gasteiger partial charge in [-0.3, -0.25) is 0 Å². The van der Waals surface area contributed by atoms with Gasteiger partial charge in [-0.15, -0.1) is 0 Å². The first-order valence-corrected chi connectivity index (χ1v) is 17.9. The van der Waals surface area contributed by atoms with Gasteiger partial charge in [-0.2, -0.15) is 0 Å². The highest BCUT2D eigenvalue weighted by Gasteiger charge is 2.25. The van der Waals surface area contributed by atoms with Crippen molar-refractivity contribution in [1.82, 2.24) is 15.0 Å². The number of hydrogen-bond donors (Lipinski definition) is 0. The van der Waals surface area contributed by atoms with Crippen LogP contribution in [-0.2, 0) is 0 Å². The number of rotatable bonds is 5. The smallest absolute Gasteiger partial charge is 0.164 e. The van der Waals surface area contributed by atoms with Crippen molar-refractivity contribution in [2.45, 2.75) is 0 Å². The van der Waals surface area contributed by atoms with Crippen molar-refractivity contribution < 1.29 is 4.42 Å². The summed E-state index contributed by atoms with van der Waals surface area (Å²) < 4.78 is 6.61. The number of furan rings is 1. The van der Waals surface area contributed by atoms with Crippen LogP contribution in [0, 0.1) is 0 Å². The lowest BCUT2D eigenvalue weighted by Gasteiger charge is -2.12. The van der Waals surface area contributed by atoms with Crippen LogP contribution >= 0.6 is 0 Å². The van der Waals surface area contributed by atoms with Gasteiger partial charge in [0.25, 0.3) is 0 Å². The van der Waals surface area contributed by atoms with E-state index < -0.39 is 0 Å². The molecule has 0 aliphatic heterocycles. The van der Waals surface area contributed by atoms with Gasteiger partial charge in [0.05, 0.1) is 0 Å². The number of benzene rings is 8. The first-order chi connectivity index (χ1) is 26.3. The van der Waals surface area contributed by atoms with Crippen molar-refractivity contribution in [3.8, 4) is 78.7 Å². The zero-order valence-corrected chi connectivity index (χ0v) is 28.5. The van der Waals surface area contributed by atoms with Crippen LogP contribution in [0.25, 0.3) is 111 Å². The molecule has 0 spiro atoms. The van der Waals surface area contributed by atoms with Crippen molar-refractivity contribution in [3.63, 3.8) is 0 Å². The third-order valence-electron chi connectivity index (χ3n) is 10.5. The first kappa shape index (κ1) is 29.5. The van der Waals surface area contributed by atoms with Gasteiger partial charge in [-0.1, -0.05) is 164 Å². The highest BCUT2D eigenvalue weighted by molar-refractivity contribution is 6.23. The van der Waals surface area contributed by atoms with Crippen LogP contribution in [0.15, 0.2) is 180 Å². The summed E-state index contributed by atoms with van der Waals surface area (Å²) in [7, 11) is 0. The first-order valence-electron chi connectivity index (χ1n) is 17.9. The normalized spacial score (nSPS) is 11.8. The average molecular weight is 676 g/mol. The van der Waals surface area contributed by atoms with Crippen LogP contribution in [0.4, 0.5) is 0 Å². The largest absolute Gasteiger partial charge is 0.456 e. The van der Waals surface area contributed by atoms with E-state index in [9.17, 15) is 0 Å². The van der Waals surface area contributed by atoms with Gasteiger partial charge in [0.1, 0.15) is 11.2 Å². The van der Waals surface area contributed by atoms with Gasteiger partial charge in [-0.05, 0) is 67.4 Å². The standard InChI is InChI=1S/C49H29N3O/c1-3-12-30(13-4-1)31-24-26-33(27-25-31)48-50-47(32-14-5-2-6-15-32)51-49(52-48)41-21-11-23-43-46(41)45-39(20-10-22-42(45)53-43)36-28-29-40-35-17-8-7-16-34(35)37-18-9-19-38(36)44(37)40/h1-29H. The van der Waals surface area contributed by atoms with Crippen LogP contribution in [0.1, 0.15) is 0 Å². The highest BCUT2D eigenvalue weighted by atomic mass is 16.3.